The lowest BCUT2D eigenvalue weighted by molar-refractivity contribution is 0.0517. The average molecular weight is 313 g/mol. The van der Waals surface area contributed by atoms with Gasteiger partial charge in [0.2, 0.25) is 0 Å². The van der Waals surface area contributed by atoms with Gasteiger partial charge < -0.3 is 14.4 Å². The van der Waals surface area contributed by atoms with Crippen LogP contribution in [-0.2, 0) is 4.74 Å². The Kier molecular flexibility index (Phi) is 5.36. The fourth-order valence-electron chi connectivity index (χ4n) is 2.02. The molecule has 0 bridgehead atoms. The van der Waals surface area contributed by atoms with Gasteiger partial charge in [0.15, 0.2) is 0 Å². The molecule has 0 N–H and O–H groups in total. The molecule has 0 fully saturated rings. The highest BCUT2D eigenvalue weighted by Crippen LogP contribution is 2.20. The van der Waals surface area contributed by atoms with E-state index in [9.17, 15) is 9.59 Å². The smallest absolute Gasteiger partial charge is 0.344 e. The van der Waals surface area contributed by atoms with Gasteiger partial charge in [0.05, 0.1) is 17.7 Å². The second-order valence-corrected chi connectivity index (χ2v) is 5.04. The molecule has 2 aromatic rings. The molecule has 0 radical (unpaired) electrons. The maximum atomic E-state index is 12.3. The molecule has 0 spiro atoms. The Morgan fingerprint density at radius 1 is 0.913 bits per heavy atom. The predicted molar refractivity (Wildman–Crippen MR) is 88.1 cm³/mol. The summed E-state index contributed by atoms with van der Waals surface area (Å²) in [6.07, 6.45) is 0. The van der Waals surface area contributed by atoms with E-state index in [0.717, 1.165) is 5.69 Å². The lowest BCUT2D eigenvalue weighted by Gasteiger charge is -2.13. The van der Waals surface area contributed by atoms with Gasteiger partial charge in [-0.2, -0.15) is 0 Å². The zero-order valence-electron chi connectivity index (χ0n) is 13.4. The summed E-state index contributed by atoms with van der Waals surface area (Å²) in [4.78, 5) is 26.2. The lowest BCUT2D eigenvalue weighted by atomic mass is 10.1. The third kappa shape index (κ3) is 4.10. The maximum absolute atomic E-state index is 12.3. The van der Waals surface area contributed by atoms with Gasteiger partial charge in [-0.3, -0.25) is 0 Å². The zero-order chi connectivity index (χ0) is 16.8. The number of anilines is 1. The van der Waals surface area contributed by atoms with Crippen molar-refractivity contribution >= 4 is 17.6 Å². The fraction of sp³-hybridized carbons (Fsp3) is 0.222. The summed E-state index contributed by atoms with van der Waals surface area (Å²) in [5.41, 5.74) is 1.38. The van der Waals surface area contributed by atoms with Gasteiger partial charge >= 0.3 is 11.9 Å². The van der Waals surface area contributed by atoms with Crippen LogP contribution in [0.25, 0.3) is 0 Å². The largest absolute Gasteiger partial charge is 0.462 e. The number of esters is 2. The highest BCUT2D eigenvalue weighted by molar-refractivity contribution is 6.03. The Labute approximate surface area is 135 Å². The number of carbonyl (C=O) groups excluding carboxylic acids is 2. The monoisotopic (exact) mass is 313 g/mol. The van der Waals surface area contributed by atoms with Crippen LogP contribution in [0.2, 0.25) is 0 Å². The van der Waals surface area contributed by atoms with Gasteiger partial charge in [-0.05, 0) is 43.3 Å². The molecule has 0 atom stereocenters. The van der Waals surface area contributed by atoms with Crippen LogP contribution in [0.3, 0.4) is 0 Å². The third-order valence-electron chi connectivity index (χ3n) is 3.21. The van der Waals surface area contributed by atoms with E-state index >= 15 is 0 Å². The van der Waals surface area contributed by atoms with Crippen LogP contribution in [0.5, 0.6) is 5.75 Å². The Morgan fingerprint density at radius 3 is 2.00 bits per heavy atom. The normalized spacial score (nSPS) is 10.0. The van der Waals surface area contributed by atoms with E-state index in [0.29, 0.717) is 5.75 Å². The zero-order valence-corrected chi connectivity index (χ0v) is 13.4. The van der Waals surface area contributed by atoms with Gasteiger partial charge in [-0.1, -0.05) is 12.1 Å². The first-order valence-corrected chi connectivity index (χ1v) is 7.28. The molecule has 0 aromatic heterocycles. The Morgan fingerprint density at radius 2 is 1.48 bits per heavy atom. The molecule has 0 aliphatic rings. The van der Waals surface area contributed by atoms with Crippen LogP contribution in [0.4, 0.5) is 5.69 Å². The molecule has 0 unspecified atom stereocenters. The topological polar surface area (TPSA) is 55.8 Å². The first-order valence-electron chi connectivity index (χ1n) is 7.28. The standard InChI is InChI=1S/C18H19NO4/c1-4-22-17(20)15-7-5-6-8-16(15)18(21)23-14-11-9-13(10-12-14)19(2)3/h5-12H,4H2,1-3H3. The van der Waals surface area contributed by atoms with Crippen molar-refractivity contribution in [2.45, 2.75) is 6.92 Å². The molecule has 23 heavy (non-hydrogen) atoms. The van der Waals surface area contributed by atoms with Crippen LogP contribution >= 0.6 is 0 Å². The van der Waals surface area contributed by atoms with Crippen molar-refractivity contribution in [1.29, 1.82) is 0 Å². The molecular weight excluding hydrogens is 294 g/mol. The second kappa shape index (κ2) is 7.45. The van der Waals surface area contributed by atoms with Crippen molar-refractivity contribution in [1.82, 2.24) is 0 Å². The first kappa shape index (κ1) is 16.5. The van der Waals surface area contributed by atoms with Crippen LogP contribution in [-0.4, -0.2) is 32.6 Å². The molecule has 2 aromatic carbocycles. The molecule has 0 amide bonds. The Balaban J connectivity index is 2.19. The quantitative estimate of drug-likeness (QED) is 0.627. The highest BCUT2D eigenvalue weighted by Gasteiger charge is 2.19. The molecule has 2 rings (SSSR count). The third-order valence-corrected chi connectivity index (χ3v) is 3.21. The van der Waals surface area contributed by atoms with Crippen LogP contribution in [0.1, 0.15) is 27.6 Å². The number of hydrogen-bond donors (Lipinski definition) is 0. The van der Waals surface area contributed by atoms with Crippen molar-refractivity contribution < 1.29 is 19.1 Å². The van der Waals surface area contributed by atoms with Gasteiger partial charge in [0.25, 0.3) is 0 Å². The summed E-state index contributed by atoms with van der Waals surface area (Å²) in [6, 6.07) is 13.6. The van der Waals surface area contributed by atoms with Crippen molar-refractivity contribution in [3.63, 3.8) is 0 Å². The van der Waals surface area contributed by atoms with E-state index in [4.69, 9.17) is 9.47 Å². The number of carbonyl (C=O) groups is 2. The van der Waals surface area contributed by atoms with Crippen LogP contribution in [0, 0.1) is 0 Å². The van der Waals surface area contributed by atoms with E-state index < -0.39 is 11.9 Å². The number of nitrogens with zero attached hydrogens (tertiary/aromatic N) is 1. The maximum Gasteiger partial charge on any atom is 0.344 e. The second-order valence-electron chi connectivity index (χ2n) is 5.04. The van der Waals surface area contributed by atoms with Crippen molar-refractivity contribution in [3.8, 4) is 5.75 Å². The fourth-order valence-corrected chi connectivity index (χ4v) is 2.02. The number of hydrogen-bond acceptors (Lipinski definition) is 5. The molecule has 5 heteroatoms. The summed E-state index contributed by atoms with van der Waals surface area (Å²) in [6.45, 7) is 1.96. The summed E-state index contributed by atoms with van der Waals surface area (Å²) in [7, 11) is 3.85. The SMILES string of the molecule is CCOC(=O)c1ccccc1C(=O)Oc1ccc(N(C)C)cc1. The molecular formula is C18H19NO4. The van der Waals surface area contributed by atoms with E-state index in [1.54, 1.807) is 43.3 Å². The molecule has 0 aliphatic carbocycles. The van der Waals surface area contributed by atoms with E-state index in [-0.39, 0.29) is 17.7 Å². The summed E-state index contributed by atoms with van der Waals surface area (Å²) >= 11 is 0. The molecule has 0 saturated carbocycles. The van der Waals surface area contributed by atoms with Crippen molar-refractivity contribution in [2.24, 2.45) is 0 Å². The van der Waals surface area contributed by atoms with Gasteiger partial charge in [-0.25, -0.2) is 9.59 Å². The number of benzene rings is 2. The lowest BCUT2D eigenvalue weighted by Crippen LogP contribution is -2.16. The van der Waals surface area contributed by atoms with Gasteiger partial charge in [-0.15, -0.1) is 0 Å². The molecule has 0 heterocycles. The van der Waals surface area contributed by atoms with Crippen molar-refractivity contribution in [2.75, 3.05) is 25.6 Å². The first-order chi connectivity index (χ1) is 11.0. The highest BCUT2D eigenvalue weighted by atomic mass is 16.5. The predicted octanol–water partition coefficient (Wildman–Crippen LogP) is 3.15. The summed E-state index contributed by atoms with van der Waals surface area (Å²) in [5.74, 6) is -0.714. The number of ether oxygens (including phenoxy) is 2. The Hall–Kier alpha value is -2.82. The van der Waals surface area contributed by atoms with Gasteiger partial charge in [0.1, 0.15) is 5.75 Å². The molecule has 120 valence electrons. The van der Waals surface area contributed by atoms with E-state index in [1.807, 2.05) is 31.1 Å². The Bertz CT molecular complexity index is 692. The average Bonchev–Trinajstić information content (AvgIpc) is 2.55. The van der Waals surface area contributed by atoms with E-state index in [1.165, 1.54) is 0 Å². The molecule has 0 saturated heterocycles. The molecule has 0 aliphatic heterocycles. The number of rotatable bonds is 5. The summed E-state index contributed by atoms with van der Waals surface area (Å²) < 4.78 is 10.3. The van der Waals surface area contributed by atoms with Crippen LogP contribution in [0.15, 0.2) is 48.5 Å². The minimum atomic E-state index is -0.591. The minimum Gasteiger partial charge on any atom is -0.462 e. The van der Waals surface area contributed by atoms with Crippen LogP contribution < -0.4 is 9.64 Å². The molecule has 5 nitrogen and oxygen atoms in total. The van der Waals surface area contributed by atoms with Gasteiger partial charge in [0, 0.05) is 19.8 Å². The summed E-state index contributed by atoms with van der Waals surface area (Å²) in [5, 5.41) is 0. The van der Waals surface area contributed by atoms with E-state index in [2.05, 4.69) is 0 Å². The van der Waals surface area contributed by atoms with Crippen molar-refractivity contribution in [3.05, 3.63) is 59.7 Å². The minimum absolute atomic E-state index is 0.183.